The third kappa shape index (κ3) is 4.19. The van der Waals surface area contributed by atoms with Crippen molar-refractivity contribution in [3.05, 3.63) is 22.4 Å². The first kappa shape index (κ1) is 14.3. The molecule has 0 aliphatic carbocycles. The number of nitrogens with two attached hydrogens (primary N) is 1. The van der Waals surface area contributed by atoms with Crippen LogP contribution in [-0.2, 0) is 0 Å². The highest BCUT2D eigenvalue weighted by molar-refractivity contribution is 9.10. The van der Waals surface area contributed by atoms with E-state index >= 15 is 0 Å². The van der Waals surface area contributed by atoms with E-state index < -0.39 is 0 Å². The molecule has 0 aromatic heterocycles. The molecule has 0 heterocycles. The summed E-state index contributed by atoms with van der Waals surface area (Å²) in [5.41, 5.74) is 7.07. The highest BCUT2D eigenvalue weighted by Gasteiger charge is 2.10. The number of anilines is 2. The number of benzene rings is 1. The lowest BCUT2D eigenvalue weighted by Crippen LogP contribution is -2.19. The summed E-state index contributed by atoms with van der Waals surface area (Å²) in [7, 11) is 0. The van der Waals surface area contributed by atoms with Crippen molar-refractivity contribution in [3.8, 4) is 0 Å². The lowest BCUT2D eigenvalue weighted by Gasteiger charge is -2.20. The van der Waals surface area contributed by atoms with Gasteiger partial charge in [-0.3, -0.25) is 0 Å². The van der Waals surface area contributed by atoms with Gasteiger partial charge in [0.15, 0.2) is 0 Å². The minimum atomic E-state index is -0.294. The molecule has 1 aromatic carbocycles. The molecule has 0 aliphatic rings. The minimum absolute atomic E-state index is 0.285. The highest BCUT2D eigenvalue weighted by atomic mass is 79.9. The monoisotopic (exact) mass is 302 g/mol. The van der Waals surface area contributed by atoms with E-state index in [0.29, 0.717) is 21.8 Å². The topological polar surface area (TPSA) is 38.0 Å². The molecule has 0 spiro atoms. The molecule has 4 heteroatoms. The van der Waals surface area contributed by atoms with E-state index in [0.717, 1.165) is 12.8 Å². The summed E-state index contributed by atoms with van der Waals surface area (Å²) < 4.78 is 13.8. The molecule has 1 aromatic rings. The van der Waals surface area contributed by atoms with E-state index in [1.165, 1.54) is 6.07 Å². The summed E-state index contributed by atoms with van der Waals surface area (Å²) in [5, 5.41) is 3.26. The van der Waals surface area contributed by atoms with Crippen LogP contribution in [0.5, 0.6) is 0 Å². The van der Waals surface area contributed by atoms with E-state index in [4.69, 9.17) is 5.73 Å². The van der Waals surface area contributed by atoms with Gasteiger partial charge in [-0.2, -0.15) is 0 Å². The second kappa shape index (κ2) is 6.24. The fourth-order valence-electron chi connectivity index (χ4n) is 1.78. The Bertz CT molecular complexity index is 382. The maximum Gasteiger partial charge on any atom is 0.139 e. The van der Waals surface area contributed by atoms with Crippen LogP contribution in [0, 0.1) is 11.7 Å². The lowest BCUT2D eigenvalue weighted by molar-refractivity contribution is 0.483. The number of rotatable bonds is 5. The van der Waals surface area contributed by atoms with Gasteiger partial charge in [0, 0.05) is 12.1 Å². The second-order valence-electron chi connectivity index (χ2n) is 4.65. The van der Waals surface area contributed by atoms with Crippen molar-refractivity contribution in [1.82, 2.24) is 0 Å². The van der Waals surface area contributed by atoms with E-state index in [1.54, 1.807) is 6.07 Å². The summed E-state index contributed by atoms with van der Waals surface area (Å²) in [6.07, 6.45) is 2.20. The zero-order chi connectivity index (χ0) is 13.0. The standard InChI is InChI=1S/C13H20BrFN2/c1-4-8(2)5-9(3)17-13-7-11(15)10(14)6-12(13)16/h6-9,17H,4-5,16H2,1-3H3. The average Bonchev–Trinajstić information content (AvgIpc) is 2.25. The van der Waals surface area contributed by atoms with Gasteiger partial charge in [0.25, 0.3) is 0 Å². The Morgan fingerprint density at radius 2 is 2.06 bits per heavy atom. The fraction of sp³-hybridized carbons (Fsp3) is 0.538. The lowest BCUT2D eigenvalue weighted by atomic mass is 10.00. The average molecular weight is 303 g/mol. The van der Waals surface area contributed by atoms with Crippen molar-refractivity contribution in [1.29, 1.82) is 0 Å². The number of nitrogens with one attached hydrogen (secondary N) is 1. The largest absolute Gasteiger partial charge is 0.397 e. The molecule has 2 atom stereocenters. The van der Waals surface area contributed by atoms with Crippen LogP contribution in [0.4, 0.5) is 15.8 Å². The SMILES string of the molecule is CCC(C)CC(C)Nc1cc(F)c(Br)cc1N. The summed E-state index contributed by atoms with van der Waals surface area (Å²) >= 11 is 3.12. The van der Waals surface area contributed by atoms with Crippen LogP contribution in [0.25, 0.3) is 0 Å². The third-order valence-corrected chi connectivity index (χ3v) is 3.55. The van der Waals surface area contributed by atoms with Crippen molar-refractivity contribution < 1.29 is 4.39 Å². The maximum absolute atomic E-state index is 13.4. The molecular formula is C13H20BrFN2. The third-order valence-electron chi connectivity index (χ3n) is 2.95. The van der Waals surface area contributed by atoms with Crippen molar-refractivity contribution in [2.45, 2.75) is 39.7 Å². The van der Waals surface area contributed by atoms with Crippen LogP contribution in [0.3, 0.4) is 0 Å². The second-order valence-corrected chi connectivity index (χ2v) is 5.50. The smallest absolute Gasteiger partial charge is 0.139 e. The van der Waals surface area contributed by atoms with Crippen LogP contribution < -0.4 is 11.1 Å². The molecule has 96 valence electrons. The molecule has 3 N–H and O–H groups in total. The van der Waals surface area contributed by atoms with E-state index in [-0.39, 0.29) is 11.9 Å². The Labute approximate surface area is 111 Å². The molecule has 0 amide bonds. The molecule has 0 bridgehead atoms. The molecule has 0 saturated carbocycles. The van der Waals surface area contributed by atoms with Gasteiger partial charge in [0.2, 0.25) is 0 Å². The van der Waals surface area contributed by atoms with Crippen molar-refractivity contribution >= 4 is 27.3 Å². The van der Waals surface area contributed by atoms with E-state index in [2.05, 4.69) is 42.0 Å². The van der Waals surface area contributed by atoms with Crippen molar-refractivity contribution in [3.63, 3.8) is 0 Å². The van der Waals surface area contributed by atoms with Crippen molar-refractivity contribution in [2.24, 2.45) is 5.92 Å². The van der Waals surface area contributed by atoms with E-state index in [1.807, 2.05) is 0 Å². The zero-order valence-corrected chi connectivity index (χ0v) is 12.1. The predicted molar refractivity (Wildman–Crippen MR) is 75.7 cm³/mol. The van der Waals surface area contributed by atoms with Gasteiger partial charge in [-0.15, -0.1) is 0 Å². The summed E-state index contributed by atoms with van der Waals surface area (Å²) in [4.78, 5) is 0. The summed E-state index contributed by atoms with van der Waals surface area (Å²) in [5.74, 6) is 0.358. The van der Waals surface area contributed by atoms with Crippen LogP contribution in [0.1, 0.15) is 33.6 Å². The predicted octanol–water partition coefficient (Wildman–Crippen LogP) is 4.41. The number of nitrogen functional groups attached to an aromatic ring is 1. The summed E-state index contributed by atoms with van der Waals surface area (Å²) in [6, 6.07) is 3.31. The van der Waals surface area contributed by atoms with Crippen LogP contribution in [0.2, 0.25) is 0 Å². The first-order valence-corrected chi connectivity index (χ1v) is 6.74. The van der Waals surface area contributed by atoms with Gasteiger partial charge in [-0.1, -0.05) is 20.3 Å². The fourth-order valence-corrected chi connectivity index (χ4v) is 2.14. The van der Waals surface area contributed by atoms with Gasteiger partial charge in [0.05, 0.1) is 15.8 Å². The normalized spacial score (nSPS) is 14.4. The van der Waals surface area contributed by atoms with Crippen molar-refractivity contribution in [2.75, 3.05) is 11.1 Å². The Hall–Kier alpha value is -0.770. The molecule has 0 saturated heterocycles. The number of hydrogen-bond acceptors (Lipinski definition) is 2. The first-order valence-electron chi connectivity index (χ1n) is 5.95. The van der Waals surface area contributed by atoms with Crippen LogP contribution in [-0.4, -0.2) is 6.04 Å². The Balaban J connectivity index is 2.71. The van der Waals surface area contributed by atoms with Crippen LogP contribution in [0.15, 0.2) is 16.6 Å². The Kier molecular flexibility index (Phi) is 5.25. The number of hydrogen-bond donors (Lipinski definition) is 2. The zero-order valence-electron chi connectivity index (χ0n) is 10.6. The molecular weight excluding hydrogens is 283 g/mol. The molecule has 17 heavy (non-hydrogen) atoms. The van der Waals surface area contributed by atoms with Gasteiger partial charge >= 0.3 is 0 Å². The Morgan fingerprint density at radius 3 is 2.65 bits per heavy atom. The molecule has 2 nitrogen and oxygen atoms in total. The molecule has 1 rings (SSSR count). The number of halogens is 2. The van der Waals surface area contributed by atoms with Gasteiger partial charge in [0.1, 0.15) is 5.82 Å². The molecule has 0 fully saturated rings. The maximum atomic E-state index is 13.4. The van der Waals surface area contributed by atoms with Gasteiger partial charge < -0.3 is 11.1 Å². The minimum Gasteiger partial charge on any atom is -0.397 e. The quantitative estimate of drug-likeness (QED) is 0.791. The molecule has 2 unspecified atom stereocenters. The van der Waals surface area contributed by atoms with E-state index in [9.17, 15) is 4.39 Å². The molecule has 0 aliphatic heterocycles. The Morgan fingerprint density at radius 1 is 1.41 bits per heavy atom. The summed E-state index contributed by atoms with van der Waals surface area (Å²) in [6.45, 7) is 6.47. The molecule has 0 radical (unpaired) electrons. The van der Waals surface area contributed by atoms with Crippen LogP contribution >= 0.6 is 15.9 Å². The highest BCUT2D eigenvalue weighted by Crippen LogP contribution is 2.27. The van der Waals surface area contributed by atoms with Gasteiger partial charge in [-0.25, -0.2) is 4.39 Å². The van der Waals surface area contributed by atoms with Gasteiger partial charge in [-0.05, 0) is 41.3 Å². The first-order chi connectivity index (χ1) is 7.93.